The van der Waals surface area contributed by atoms with Crippen LogP contribution in [-0.4, -0.2) is 40.1 Å². The Morgan fingerprint density at radius 1 is 0.815 bits per heavy atom. The molecule has 6 nitrogen and oxygen atoms in total. The highest BCUT2D eigenvalue weighted by Crippen LogP contribution is 2.33. The molecular formula is C21H13NO5. The minimum absolute atomic E-state index is 0.214. The van der Waals surface area contributed by atoms with Crippen LogP contribution in [0.15, 0.2) is 60.7 Å². The molecule has 2 amide bonds. The van der Waals surface area contributed by atoms with Crippen LogP contribution in [0.2, 0.25) is 0 Å². The molecule has 0 saturated carbocycles. The Morgan fingerprint density at radius 3 is 2.15 bits per heavy atom. The van der Waals surface area contributed by atoms with E-state index in [1.54, 1.807) is 42.5 Å². The van der Waals surface area contributed by atoms with Crippen molar-refractivity contribution in [1.29, 1.82) is 0 Å². The first kappa shape index (κ1) is 16.7. The fourth-order valence-electron chi connectivity index (χ4n) is 3.37. The zero-order valence-electron chi connectivity index (χ0n) is 14.0. The van der Waals surface area contributed by atoms with E-state index in [1.165, 1.54) is 12.1 Å². The Morgan fingerprint density at radius 2 is 1.48 bits per heavy atom. The number of carboxylic acid groups (broad SMARTS) is 1. The third kappa shape index (κ3) is 2.58. The normalized spacial score (nSPS) is 13.1. The van der Waals surface area contributed by atoms with E-state index < -0.39 is 24.3 Å². The summed E-state index contributed by atoms with van der Waals surface area (Å²) < 4.78 is 0. The van der Waals surface area contributed by atoms with Gasteiger partial charge in [-0.1, -0.05) is 42.5 Å². The molecule has 0 radical (unpaired) electrons. The maximum absolute atomic E-state index is 12.9. The first-order valence-electron chi connectivity index (χ1n) is 8.22. The molecule has 0 aliphatic carbocycles. The van der Waals surface area contributed by atoms with Crippen molar-refractivity contribution in [3.63, 3.8) is 0 Å². The molecule has 1 aliphatic heterocycles. The molecule has 0 spiro atoms. The number of ketones is 1. The summed E-state index contributed by atoms with van der Waals surface area (Å²) in [6.45, 7) is -0.710. The summed E-state index contributed by atoms with van der Waals surface area (Å²) in [5.74, 6) is -2.84. The van der Waals surface area contributed by atoms with Gasteiger partial charge in [0.15, 0.2) is 5.78 Å². The fourth-order valence-corrected chi connectivity index (χ4v) is 3.37. The maximum Gasteiger partial charge on any atom is 0.323 e. The van der Waals surface area contributed by atoms with Crippen LogP contribution in [0.4, 0.5) is 0 Å². The van der Waals surface area contributed by atoms with Crippen molar-refractivity contribution in [1.82, 2.24) is 4.90 Å². The second kappa shape index (κ2) is 6.17. The van der Waals surface area contributed by atoms with Crippen LogP contribution in [0.5, 0.6) is 0 Å². The van der Waals surface area contributed by atoms with E-state index in [0.29, 0.717) is 26.8 Å². The molecule has 6 heteroatoms. The highest BCUT2D eigenvalue weighted by molar-refractivity contribution is 6.29. The Balaban J connectivity index is 1.93. The number of carboxylic acids is 1. The van der Waals surface area contributed by atoms with Crippen molar-refractivity contribution in [2.45, 2.75) is 0 Å². The van der Waals surface area contributed by atoms with E-state index in [0.717, 1.165) is 0 Å². The summed E-state index contributed by atoms with van der Waals surface area (Å²) in [6, 6.07) is 16.6. The summed E-state index contributed by atoms with van der Waals surface area (Å²) in [5.41, 5.74) is 1.31. The van der Waals surface area contributed by atoms with Crippen molar-refractivity contribution in [3.05, 3.63) is 82.9 Å². The molecule has 3 aromatic rings. The second-order valence-corrected chi connectivity index (χ2v) is 6.17. The average Bonchev–Trinajstić information content (AvgIpc) is 2.69. The predicted molar refractivity (Wildman–Crippen MR) is 96.8 cm³/mol. The van der Waals surface area contributed by atoms with E-state index in [-0.39, 0.29) is 16.9 Å². The number of carbonyl (C=O) groups excluding carboxylic acids is 3. The lowest BCUT2D eigenvalue weighted by molar-refractivity contribution is -0.137. The van der Waals surface area contributed by atoms with Crippen LogP contribution < -0.4 is 0 Å². The van der Waals surface area contributed by atoms with Crippen LogP contribution in [0.3, 0.4) is 0 Å². The topological polar surface area (TPSA) is 91.8 Å². The lowest BCUT2D eigenvalue weighted by Crippen LogP contribution is -2.43. The zero-order valence-corrected chi connectivity index (χ0v) is 14.0. The molecule has 0 atom stereocenters. The molecule has 1 N–H and O–H groups in total. The molecular weight excluding hydrogens is 346 g/mol. The number of imide groups is 1. The number of carbonyl (C=O) groups is 4. The molecule has 1 heterocycles. The number of rotatable bonds is 4. The standard InChI is InChI=1S/C21H13NO5/c23-17(24)11-22-20(26)15-8-4-7-13-14(9-10-16(18(13)15)21(22)27)19(25)12-5-2-1-3-6-12/h1-10H,11H2,(H,23,24). The van der Waals surface area contributed by atoms with E-state index in [2.05, 4.69) is 0 Å². The molecule has 1 aliphatic rings. The van der Waals surface area contributed by atoms with Gasteiger partial charge in [-0.15, -0.1) is 0 Å². The average molecular weight is 359 g/mol. The van der Waals surface area contributed by atoms with E-state index >= 15 is 0 Å². The monoisotopic (exact) mass is 359 g/mol. The first-order valence-corrected chi connectivity index (χ1v) is 8.22. The molecule has 27 heavy (non-hydrogen) atoms. The number of nitrogens with zero attached hydrogens (tertiary/aromatic N) is 1. The van der Waals surface area contributed by atoms with Crippen molar-refractivity contribution in [2.24, 2.45) is 0 Å². The van der Waals surface area contributed by atoms with Gasteiger partial charge in [-0.2, -0.15) is 0 Å². The maximum atomic E-state index is 12.9. The molecule has 4 rings (SSSR count). The van der Waals surface area contributed by atoms with Crippen LogP contribution in [-0.2, 0) is 4.79 Å². The minimum atomic E-state index is -1.27. The Hall–Kier alpha value is -3.80. The Kier molecular flexibility index (Phi) is 3.81. The van der Waals surface area contributed by atoms with Crippen molar-refractivity contribution >= 4 is 34.3 Å². The molecule has 0 bridgehead atoms. The highest BCUT2D eigenvalue weighted by Gasteiger charge is 2.34. The molecule has 0 fully saturated rings. The largest absolute Gasteiger partial charge is 0.480 e. The van der Waals surface area contributed by atoms with Crippen molar-refractivity contribution < 1.29 is 24.3 Å². The number of aliphatic carboxylic acids is 1. The van der Waals surface area contributed by atoms with Gasteiger partial charge in [0.1, 0.15) is 6.54 Å². The van der Waals surface area contributed by atoms with E-state index in [9.17, 15) is 19.2 Å². The van der Waals surface area contributed by atoms with Crippen LogP contribution in [0.1, 0.15) is 36.6 Å². The summed E-state index contributed by atoms with van der Waals surface area (Å²) >= 11 is 0. The fraction of sp³-hybridized carbons (Fsp3) is 0.0476. The molecule has 132 valence electrons. The van der Waals surface area contributed by atoms with Gasteiger partial charge in [-0.05, 0) is 23.6 Å². The molecule has 0 unspecified atom stereocenters. The van der Waals surface area contributed by atoms with Gasteiger partial charge < -0.3 is 5.11 Å². The van der Waals surface area contributed by atoms with Gasteiger partial charge in [0.25, 0.3) is 11.8 Å². The summed E-state index contributed by atoms with van der Waals surface area (Å²) in [5, 5.41) is 9.88. The minimum Gasteiger partial charge on any atom is -0.480 e. The highest BCUT2D eigenvalue weighted by atomic mass is 16.4. The van der Waals surface area contributed by atoms with Gasteiger partial charge >= 0.3 is 5.97 Å². The van der Waals surface area contributed by atoms with Crippen LogP contribution in [0.25, 0.3) is 10.8 Å². The summed E-state index contributed by atoms with van der Waals surface area (Å²) in [7, 11) is 0. The van der Waals surface area contributed by atoms with Gasteiger partial charge in [0, 0.05) is 27.6 Å². The van der Waals surface area contributed by atoms with Crippen LogP contribution in [0, 0.1) is 0 Å². The SMILES string of the molecule is O=C(O)CN1C(=O)c2cccc3c(C(=O)c4ccccc4)ccc(c23)C1=O. The summed E-state index contributed by atoms with van der Waals surface area (Å²) in [4.78, 5) is 49.9. The lowest BCUT2D eigenvalue weighted by atomic mass is 9.89. The first-order chi connectivity index (χ1) is 13.0. The third-order valence-electron chi connectivity index (χ3n) is 4.57. The molecule has 3 aromatic carbocycles. The second-order valence-electron chi connectivity index (χ2n) is 6.17. The van der Waals surface area contributed by atoms with Gasteiger partial charge in [-0.3, -0.25) is 24.1 Å². The lowest BCUT2D eigenvalue weighted by Gasteiger charge is -2.26. The quantitative estimate of drug-likeness (QED) is 0.571. The van der Waals surface area contributed by atoms with E-state index in [4.69, 9.17) is 5.11 Å². The van der Waals surface area contributed by atoms with Gasteiger partial charge in [0.2, 0.25) is 0 Å². The number of hydrogen-bond acceptors (Lipinski definition) is 4. The Bertz CT molecular complexity index is 1110. The zero-order chi connectivity index (χ0) is 19.1. The number of benzene rings is 3. The van der Waals surface area contributed by atoms with Crippen molar-refractivity contribution in [2.75, 3.05) is 6.54 Å². The van der Waals surface area contributed by atoms with Crippen molar-refractivity contribution in [3.8, 4) is 0 Å². The van der Waals surface area contributed by atoms with Gasteiger partial charge in [0.05, 0.1) is 0 Å². The third-order valence-corrected chi connectivity index (χ3v) is 4.57. The predicted octanol–water partition coefficient (Wildman–Crippen LogP) is 2.75. The van der Waals surface area contributed by atoms with E-state index in [1.807, 2.05) is 6.07 Å². The smallest absolute Gasteiger partial charge is 0.323 e. The molecule has 0 aromatic heterocycles. The van der Waals surface area contributed by atoms with Gasteiger partial charge in [-0.25, -0.2) is 0 Å². The number of hydrogen-bond donors (Lipinski definition) is 1. The van der Waals surface area contributed by atoms with Crippen LogP contribution >= 0.6 is 0 Å². The molecule has 0 saturated heterocycles. The summed E-state index contributed by atoms with van der Waals surface area (Å²) in [6.07, 6.45) is 0. The Labute approximate surface area is 153 Å². The number of amides is 2.